The van der Waals surface area contributed by atoms with E-state index in [0.29, 0.717) is 6.42 Å². The maximum Gasteiger partial charge on any atom is 0.0777 e. The van der Waals surface area contributed by atoms with Gasteiger partial charge in [0.1, 0.15) is 0 Å². The second-order valence-corrected chi connectivity index (χ2v) is 2.99. The van der Waals surface area contributed by atoms with Crippen LogP contribution in [0.1, 0.15) is 22.5 Å². The fraction of sp³-hybridized carbons (Fsp3) is 0.400. The van der Waals surface area contributed by atoms with E-state index in [1.807, 2.05) is 20.8 Å². The highest BCUT2D eigenvalue weighted by Crippen LogP contribution is 2.11. The van der Waals surface area contributed by atoms with Crippen molar-refractivity contribution in [3.05, 3.63) is 28.6 Å². The molecule has 0 bridgehead atoms. The van der Waals surface area contributed by atoms with E-state index in [0.717, 1.165) is 17.0 Å². The van der Waals surface area contributed by atoms with Gasteiger partial charge in [-0.2, -0.15) is 5.26 Å². The minimum atomic E-state index is 0.410. The number of nitrogens with zero attached hydrogens (tertiary/aromatic N) is 2. The molecule has 1 aromatic heterocycles. The fourth-order valence-corrected chi connectivity index (χ4v) is 1.15. The average Bonchev–Trinajstić information content (AvgIpc) is 2.01. The van der Waals surface area contributed by atoms with Crippen LogP contribution in [0.3, 0.4) is 0 Å². The molecule has 0 unspecified atom stereocenters. The van der Waals surface area contributed by atoms with Crippen molar-refractivity contribution in [2.45, 2.75) is 27.2 Å². The smallest absolute Gasteiger partial charge is 0.0777 e. The molecule has 62 valence electrons. The van der Waals surface area contributed by atoms with Gasteiger partial charge in [-0.15, -0.1) is 0 Å². The highest BCUT2D eigenvalue weighted by atomic mass is 14.7. The van der Waals surface area contributed by atoms with Gasteiger partial charge in [0.15, 0.2) is 0 Å². The second kappa shape index (κ2) is 3.36. The molecule has 0 saturated heterocycles. The van der Waals surface area contributed by atoms with Crippen LogP contribution < -0.4 is 0 Å². The molecule has 0 amide bonds. The fourth-order valence-electron chi connectivity index (χ4n) is 1.15. The average molecular weight is 160 g/mol. The molecule has 1 heterocycles. The summed E-state index contributed by atoms with van der Waals surface area (Å²) in [5.41, 5.74) is 4.22. The molecule has 0 N–H and O–H groups in total. The Morgan fingerprint density at radius 2 is 2.00 bits per heavy atom. The van der Waals surface area contributed by atoms with Crippen LogP contribution >= 0.6 is 0 Å². The Balaban J connectivity index is 3.16. The van der Waals surface area contributed by atoms with Crippen molar-refractivity contribution in [1.29, 1.82) is 5.26 Å². The van der Waals surface area contributed by atoms with Crippen LogP contribution in [0.2, 0.25) is 0 Å². The van der Waals surface area contributed by atoms with Crippen LogP contribution in [0.25, 0.3) is 0 Å². The first kappa shape index (κ1) is 8.73. The lowest BCUT2D eigenvalue weighted by Crippen LogP contribution is -1.97. The van der Waals surface area contributed by atoms with E-state index in [4.69, 9.17) is 5.26 Å². The molecule has 1 rings (SSSR count). The van der Waals surface area contributed by atoms with Crippen LogP contribution in [-0.2, 0) is 6.42 Å². The molecule has 0 aliphatic heterocycles. The predicted octanol–water partition coefficient (Wildman–Crippen LogP) is 2.07. The zero-order valence-electron chi connectivity index (χ0n) is 7.68. The van der Waals surface area contributed by atoms with E-state index in [-0.39, 0.29) is 0 Å². The van der Waals surface area contributed by atoms with E-state index in [9.17, 15) is 0 Å². The van der Waals surface area contributed by atoms with Crippen molar-refractivity contribution in [2.75, 3.05) is 0 Å². The normalized spacial score (nSPS) is 9.50. The number of pyridine rings is 1. The van der Waals surface area contributed by atoms with Gasteiger partial charge >= 0.3 is 0 Å². The predicted molar refractivity (Wildman–Crippen MR) is 47.8 cm³/mol. The Morgan fingerprint density at radius 3 is 2.58 bits per heavy atom. The van der Waals surface area contributed by atoms with Crippen molar-refractivity contribution >= 4 is 0 Å². The van der Waals surface area contributed by atoms with Crippen molar-refractivity contribution in [1.82, 2.24) is 4.98 Å². The monoisotopic (exact) mass is 160 g/mol. The van der Waals surface area contributed by atoms with Gasteiger partial charge in [0.05, 0.1) is 18.2 Å². The van der Waals surface area contributed by atoms with E-state index in [2.05, 4.69) is 17.1 Å². The molecule has 0 radical (unpaired) electrons. The zero-order chi connectivity index (χ0) is 9.14. The third-order valence-electron chi connectivity index (χ3n) is 2.01. The van der Waals surface area contributed by atoms with Gasteiger partial charge in [0, 0.05) is 5.69 Å². The quantitative estimate of drug-likeness (QED) is 0.630. The van der Waals surface area contributed by atoms with Gasteiger partial charge in [-0.3, -0.25) is 4.98 Å². The van der Waals surface area contributed by atoms with Crippen LogP contribution in [0.4, 0.5) is 0 Å². The van der Waals surface area contributed by atoms with E-state index in [1.165, 1.54) is 5.56 Å². The molecule has 0 fully saturated rings. The Morgan fingerprint density at radius 1 is 1.33 bits per heavy atom. The minimum absolute atomic E-state index is 0.410. The van der Waals surface area contributed by atoms with Gasteiger partial charge in [-0.1, -0.05) is 6.07 Å². The summed E-state index contributed by atoms with van der Waals surface area (Å²) in [5, 5.41) is 8.51. The third kappa shape index (κ3) is 1.62. The Labute approximate surface area is 72.9 Å². The van der Waals surface area contributed by atoms with Crippen molar-refractivity contribution in [3.8, 4) is 6.07 Å². The molecular weight excluding hydrogens is 148 g/mol. The highest BCUT2D eigenvalue weighted by molar-refractivity contribution is 5.29. The highest BCUT2D eigenvalue weighted by Gasteiger charge is 2.01. The van der Waals surface area contributed by atoms with E-state index >= 15 is 0 Å². The molecule has 0 saturated carbocycles. The van der Waals surface area contributed by atoms with Crippen molar-refractivity contribution < 1.29 is 0 Å². The summed E-state index contributed by atoms with van der Waals surface area (Å²) in [6.45, 7) is 5.99. The Bertz CT molecular complexity index is 334. The molecule has 0 aliphatic carbocycles. The lowest BCUT2D eigenvalue weighted by Gasteiger charge is -2.04. The zero-order valence-corrected chi connectivity index (χ0v) is 7.68. The molecule has 2 nitrogen and oxygen atoms in total. The number of hydrogen-bond donors (Lipinski definition) is 0. The summed E-state index contributed by atoms with van der Waals surface area (Å²) in [5.74, 6) is 0. The van der Waals surface area contributed by atoms with Crippen LogP contribution in [0.15, 0.2) is 6.07 Å². The molecule has 0 atom stereocenters. The first-order chi connectivity index (χ1) is 5.65. The molecule has 0 aromatic carbocycles. The van der Waals surface area contributed by atoms with Crippen LogP contribution in [-0.4, -0.2) is 4.98 Å². The molecule has 12 heavy (non-hydrogen) atoms. The number of aryl methyl sites for hydroxylation is 3. The first-order valence-electron chi connectivity index (χ1n) is 3.96. The number of rotatable bonds is 1. The molecule has 0 spiro atoms. The van der Waals surface area contributed by atoms with Crippen LogP contribution in [0.5, 0.6) is 0 Å². The van der Waals surface area contributed by atoms with Gasteiger partial charge in [0.2, 0.25) is 0 Å². The summed E-state index contributed by atoms with van der Waals surface area (Å²) in [6, 6.07) is 4.19. The summed E-state index contributed by atoms with van der Waals surface area (Å²) in [4.78, 5) is 4.34. The number of hydrogen-bond acceptors (Lipinski definition) is 2. The van der Waals surface area contributed by atoms with Crippen molar-refractivity contribution in [3.63, 3.8) is 0 Å². The Kier molecular flexibility index (Phi) is 2.44. The standard InChI is InChI=1S/C10H12N2/c1-7-6-8(2)10(4-5-11)12-9(7)3/h6H,4H2,1-3H3. The maximum atomic E-state index is 8.51. The van der Waals surface area contributed by atoms with Gasteiger partial charge < -0.3 is 0 Å². The summed E-state index contributed by atoms with van der Waals surface area (Å²) in [6.07, 6.45) is 0.410. The minimum Gasteiger partial charge on any atom is -0.257 e. The molecule has 1 aromatic rings. The van der Waals surface area contributed by atoms with E-state index < -0.39 is 0 Å². The van der Waals surface area contributed by atoms with E-state index in [1.54, 1.807) is 0 Å². The third-order valence-corrected chi connectivity index (χ3v) is 2.01. The Hall–Kier alpha value is -1.36. The topological polar surface area (TPSA) is 36.7 Å². The maximum absolute atomic E-state index is 8.51. The first-order valence-corrected chi connectivity index (χ1v) is 3.96. The molecule has 0 aliphatic rings. The van der Waals surface area contributed by atoms with Crippen molar-refractivity contribution in [2.24, 2.45) is 0 Å². The van der Waals surface area contributed by atoms with Gasteiger partial charge in [-0.25, -0.2) is 0 Å². The summed E-state index contributed by atoms with van der Waals surface area (Å²) >= 11 is 0. The molecule has 2 heteroatoms. The van der Waals surface area contributed by atoms with Crippen LogP contribution in [0, 0.1) is 32.1 Å². The lowest BCUT2D eigenvalue weighted by atomic mass is 10.1. The van der Waals surface area contributed by atoms with Gasteiger partial charge in [-0.05, 0) is 31.9 Å². The SMILES string of the molecule is Cc1cc(C)c(CC#N)nc1C. The number of nitriles is 1. The summed E-state index contributed by atoms with van der Waals surface area (Å²) in [7, 11) is 0. The summed E-state index contributed by atoms with van der Waals surface area (Å²) < 4.78 is 0. The van der Waals surface area contributed by atoms with Gasteiger partial charge in [0.25, 0.3) is 0 Å². The lowest BCUT2D eigenvalue weighted by molar-refractivity contribution is 1.02. The largest absolute Gasteiger partial charge is 0.257 e. The molecular formula is C10H12N2. The second-order valence-electron chi connectivity index (χ2n) is 2.99. The number of aromatic nitrogens is 1.